The summed E-state index contributed by atoms with van der Waals surface area (Å²) in [7, 11) is 0. The predicted molar refractivity (Wildman–Crippen MR) is 65.8 cm³/mol. The van der Waals surface area contributed by atoms with Crippen molar-refractivity contribution in [2.75, 3.05) is 26.2 Å². The summed E-state index contributed by atoms with van der Waals surface area (Å²) < 4.78 is 5.27. The fourth-order valence-electron chi connectivity index (χ4n) is 1.89. The average Bonchev–Trinajstić information content (AvgIpc) is 3.00. The molecule has 0 unspecified atom stereocenters. The van der Waals surface area contributed by atoms with Crippen LogP contribution >= 0.6 is 11.3 Å². The Labute approximate surface area is 103 Å². The molecule has 6 heteroatoms. The van der Waals surface area contributed by atoms with E-state index in [4.69, 9.17) is 4.52 Å². The van der Waals surface area contributed by atoms with Crippen LogP contribution in [-0.4, -0.2) is 41.2 Å². The van der Waals surface area contributed by atoms with Crippen LogP contribution in [0.1, 0.15) is 5.89 Å². The Kier molecular flexibility index (Phi) is 3.17. The van der Waals surface area contributed by atoms with E-state index in [-0.39, 0.29) is 0 Å². The maximum atomic E-state index is 5.27. The number of hydrogen-bond acceptors (Lipinski definition) is 6. The molecular formula is C11H14N4OS. The lowest BCUT2D eigenvalue weighted by Crippen LogP contribution is -2.42. The standard InChI is InChI=1S/C11H14N4OS/c1-2-9(17-7-1)11-13-10(16-14-11)8-15-5-3-12-4-6-15/h1-2,7,12H,3-6,8H2. The second-order valence-corrected chi connectivity index (χ2v) is 4.96. The Bertz CT molecular complexity index is 462. The summed E-state index contributed by atoms with van der Waals surface area (Å²) in [5.74, 6) is 1.40. The molecule has 1 fully saturated rings. The van der Waals surface area contributed by atoms with Crippen molar-refractivity contribution >= 4 is 11.3 Å². The summed E-state index contributed by atoms with van der Waals surface area (Å²) >= 11 is 1.63. The second-order valence-electron chi connectivity index (χ2n) is 4.02. The summed E-state index contributed by atoms with van der Waals surface area (Å²) in [6, 6.07) is 4.00. The van der Waals surface area contributed by atoms with E-state index in [9.17, 15) is 0 Å². The quantitative estimate of drug-likeness (QED) is 0.887. The van der Waals surface area contributed by atoms with Gasteiger partial charge in [-0.05, 0) is 11.4 Å². The van der Waals surface area contributed by atoms with Crippen molar-refractivity contribution in [3.05, 3.63) is 23.4 Å². The van der Waals surface area contributed by atoms with Gasteiger partial charge in [-0.1, -0.05) is 11.2 Å². The highest BCUT2D eigenvalue weighted by Crippen LogP contribution is 2.21. The van der Waals surface area contributed by atoms with Crippen LogP contribution in [-0.2, 0) is 6.54 Å². The Morgan fingerprint density at radius 2 is 2.29 bits per heavy atom. The van der Waals surface area contributed by atoms with Crippen molar-refractivity contribution in [1.29, 1.82) is 0 Å². The topological polar surface area (TPSA) is 54.2 Å². The summed E-state index contributed by atoms with van der Waals surface area (Å²) in [5, 5.41) is 9.34. The number of nitrogens with zero attached hydrogens (tertiary/aromatic N) is 3. The molecule has 5 nitrogen and oxygen atoms in total. The maximum absolute atomic E-state index is 5.27. The molecule has 1 aliphatic heterocycles. The van der Waals surface area contributed by atoms with Crippen molar-refractivity contribution in [2.45, 2.75) is 6.54 Å². The third kappa shape index (κ3) is 2.54. The Morgan fingerprint density at radius 1 is 1.41 bits per heavy atom. The number of hydrogen-bond donors (Lipinski definition) is 1. The zero-order valence-electron chi connectivity index (χ0n) is 9.43. The molecular weight excluding hydrogens is 236 g/mol. The van der Waals surface area contributed by atoms with Crippen molar-refractivity contribution in [2.24, 2.45) is 0 Å². The molecule has 0 bridgehead atoms. The highest BCUT2D eigenvalue weighted by molar-refractivity contribution is 7.13. The minimum absolute atomic E-state index is 0.699. The normalized spacial score (nSPS) is 17.4. The maximum Gasteiger partial charge on any atom is 0.241 e. The van der Waals surface area contributed by atoms with Crippen LogP contribution in [0.5, 0.6) is 0 Å². The summed E-state index contributed by atoms with van der Waals surface area (Å²) in [5.41, 5.74) is 0. The minimum atomic E-state index is 0.699. The van der Waals surface area contributed by atoms with E-state index in [1.54, 1.807) is 11.3 Å². The lowest BCUT2D eigenvalue weighted by atomic mass is 10.3. The van der Waals surface area contributed by atoms with Crippen molar-refractivity contribution in [3.63, 3.8) is 0 Å². The number of piperazine rings is 1. The van der Waals surface area contributed by atoms with Crippen LogP contribution in [0.3, 0.4) is 0 Å². The van der Waals surface area contributed by atoms with E-state index in [1.165, 1.54) is 0 Å². The van der Waals surface area contributed by atoms with Crippen LogP contribution < -0.4 is 5.32 Å². The fraction of sp³-hybridized carbons (Fsp3) is 0.455. The molecule has 2 aromatic rings. The van der Waals surface area contributed by atoms with Gasteiger partial charge in [0.1, 0.15) is 0 Å². The highest BCUT2D eigenvalue weighted by atomic mass is 32.1. The molecule has 0 amide bonds. The number of rotatable bonds is 3. The van der Waals surface area contributed by atoms with Crippen LogP contribution in [0.4, 0.5) is 0 Å². The number of thiophene rings is 1. The molecule has 1 N–H and O–H groups in total. The summed E-state index contributed by atoms with van der Waals surface area (Å²) in [6.45, 7) is 4.89. The molecule has 3 heterocycles. The molecule has 3 rings (SSSR count). The van der Waals surface area contributed by atoms with Gasteiger partial charge in [0.2, 0.25) is 11.7 Å². The molecule has 17 heavy (non-hydrogen) atoms. The first-order chi connectivity index (χ1) is 8.42. The van der Waals surface area contributed by atoms with Gasteiger partial charge in [0.25, 0.3) is 0 Å². The van der Waals surface area contributed by atoms with E-state index in [0.717, 1.165) is 37.6 Å². The first kappa shape index (κ1) is 10.9. The van der Waals surface area contributed by atoms with E-state index >= 15 is 0 Å². The first-order valence-electron chi connectivity index (χ1n) is 5.71. The van der Waals surface area contributed by atoms with Gasteiger partial charge in [0, 0.05) is 26.2 Å². The van der Waals surface area contributed by atoms with Crippen molar-refractivity contribution in [3.8, 4) is 10.7 Å². The van der Waals surface area contributed by atoms with Crippen molar-refractivity contribution < 1.29 is 4.52 Å². The first-order valence-corrected chi connectivity index (χ1v) is 6.59. The molecule has 0 saturated carbocycles. The molecule has 1 saturated heterocycles. The van der Waals surface area contributed by atoms with E-state index < -0.39 is 0 Å². The zero-order valence-corrected chi connectivity index (χ0v) is 10.2. The molecule has 0 spiro atoms. The van der Waals surface area contributed by atoms with Crippen molar-refractivity contribution in [1.82, 2.24) is 20.4 Å². The third-order valence-corrected chi connectivity index (χ3v) is 3.64. The average molecular weight is 250 g/mol. The van der Waals surface area contributed by atoms with Gasteiger partial charge >= 0.3 is 0 Å². The molecule has 90 valence electrons. The Balaban J connectivity index is 1.68. The number of aromatic nitrogens is 2. The molecule has 0 aliphatic carbocycles. The van der Waals surface area contributed by atoms with Gasteiger partial charge in [-0.25, -0.2) is 0 Å². The van der Waals surface area contributed by atoms with Crippen LogP contribution in [0.15, 0.2) is 22.0 Å². The number of nitrogens with one attached hydrogen (secondary N) is 1. The van der Waals surface area contributed by atoms with Crippen LogP contribution in [0, 0.1) is 0 Å². The molecule has 0 aromatic carbocycles. The third-order valence-electron chi connectivity index (χ3n) is 2.78. The predicted octanol–water partition coefficient (Wildman–Crippen LogP) is 1.20. The lowest BCUT2D eigenvalue weighted by molar-refractivity contribution is 0.203. The molecule has 0 radical (unpaired) electrons. The van der Waals surface area contributed by atoms with E-state index in [1.807, 2.05) is 17.5 Å². The monoisotopic (exact) mass is 250 g/mol. The second kappa shape index (κ2) is 4.95. The minimum Gasteiger partial charge on any atom is -0.338 e. The largest absolute Gasteiger partial charge is 0.338 e. The summed E-state index contributed by atoms with van der Waals surface area (Å²) in [6.07, 6.45) is 0. The summed E-state index contributed by atoms with van der Waals surface area (Å²) in [4.78, 5) is 7.79. The van der Waals surface area contributed by atoms with Crippen LogP contribution in [0.2, 0.25) is 0 Å². The Hall–Kier alpha value is -1.24. The van der Waals surface area contributed by atoms with Gasteiger partial charge in [-0.2, -0.15) is 4.98 Å². The van der Waals surface area contributed by atoms with E-state index in [0.29, 0.717) is 11.7 Å². The van der Waals surface area contributed by atoms with Gasteiger partial charge in [-0.3, -0.25) is 4.90 Å². The van der Waals surface area contributed by atoms with Crippen LogP contribution in [0.25, 0.3) is 10.7 Å². The van der Waals surface area contributed by atoms with Gasteiger partial charge in [0.15, 0.2) is 0 Å². The SMILES string of the molecule is c1csc(-c2noc(CN3CCNCC3)n2)c1. The zero-order chi connectivity index (χ0) is 11.5. The lowest BCUT2D eigenvalue weighted by Gasteiger charge is -2.25. The molecule has 2 aromatic heterocycles. The van der Waals surface area contributed by atoms with Gasteiger partial charge in [-0.15, -0.1) is 11.3 Å². The molecule has 0 atom stereocenters. The molecule has 1 aliphatic rings. The fourth-order valence-corrected chi connectivity index (χ4v) is 2.53. The highest BCUT2D eigenvalue weighted by Gasteiger charge is 2.15. The van der Waals surface area contributed by atoms with E-state index in [2.05, 4.69) is 20.4 Å². The van der Waals surface area contributed by atoms with Gasteiger partial charge in [0.05, 0.1) is 11.4 Å². The smallest absolute Gasteiger partial charge is 0.241 e. The Morgan fingerprint density at radius 3 is 3.06 bits per heavy atom. The van der Waals surface area contributed by atoms with Gasteiger partial charge < -0.3 is 9.84 Å².